The van der Waals surface area contributed by atoms with E-state index in [9.17, 15) is 19.2 Å². The molecule has 6 aromatic rings. The smallest absolute Gasteiger partial charge is 0.329 e. The topological polar surface area (TPSA) is 200 Å². The second kappa shape index (κ2) is 14.8. The first-order valence-corrected chi connectivity index (χ1v) is 18.2. The van der Waals surface area contributed by atoms with Gasteiger partial charge in [0.1, 0.15) is 11.4 Å². The van der Waals surface area contributed by atoms with Gasteiger partial charge in [-0.1, -0.05) is 0 Å². The van der Waals surface area contributed by atoms with Crippen molar-refractivity contribution in [2.24, 2.45) is 35.5 Å². The van der Waals surface area contributed by atoms with Crippen molar-refractivity contribution < 1.29 is 36.7 Å². The zero-order valence-electron chi connectivity index (χ0n) is 31.5. The van der Waals surface area contributed by atoms with E-state index in [1.54, 1.807) is 27.7 Å². The van der Waals surface area contributed by atoms with Crippen molar-refractivity contribution in [1.29, 1.82) is 0 Å². The fourth-order valence-corrected chi connectivity index (χ4v) is 7.29. The molecule has 0 unspecified atom stereocenters. The second-order valence-corrected chi connectivity index (χ2v) is 14.2. The molecule has 0 atom stereocenters. The summed E-state index contributed by atoms with van der Waals surface area (Å²) in [7, 11) is 2.73. The number of carbonyl (C=O) groups is 4. The molecule has 4 N–H and O–H groups in total. The lowest BCUT2D eigenvalue weighted by Gasteiger charge is -2.27. The number of rotatable bonds is 11. The maximum absolute atomic E-state index is 16.5. The number of hydrogen-bond donors (Lipinski definition) is 2. The Bertz CT molecular complexity index is 2800. The third-order valence-electron chi connectivity index (χ3n) is 9.45. The lowest BCUT2D eigenvalue weighted by molar-refractivity contribution is -0.221. The highest BCUT2D eigenvalue weighted by Crippen LogP contribution is 2.39. The van der Waals surface area contributed by atoms with Gasteiger partial charge in [-0.05, 0) is 86.1 Å². The summed E-state index contributed by atoms with van der Waals surface area (Å²) >= 11 is 3.27. The van der Waals surface area contributed by atoms with Crippen LogP contribution in [0.2, 0.25) is 0 Å². The van der Waals surface area contributed by atoms with Crippen molar-refractivity contribution in [3.63, 3.8) is 0 Å². The summed E-state index contributed by atoms with van der Waals surface area (Å²) < 4.78 is 72.8. The number of nitrogens with two attached hydrogens (primary N) is 2. The largest absolute Gasteiger partial charge is 0.366 e. The Balaban J connectivity index is 1.53. The number of hydrogen-bond acceptors (Lipinski definition) is 6. The Hall–Kier alpha value is -6.12. The van der Waals surface area contributed by atoms with Crippen LogP contribution in [-0.4, -0.2) is 73.3 Å². The van der Waals surface area contributed by atoms with Crippen molar-refractivity contribution in [3.05, 3.63) is 92.1 Å². The van der Waals surface area contributed by atoms with Gasteiger partial charge in [-0.25, -0.2) is 0 Å². The number of alkyl halides is 4. The van der Waals surface area contributed by atoms with E-state index < -0.39 is 59.8 Å². The molecule has 0 aliphatic carbocycles. The third kappa shape index (κ3) is 7.22. The summed E-state index contributed by atoms with van der Waals surface area (Å²) in [5.74, 6) is -13.3. The normalized spacial score (nSPS) is 13.0. The SMILES string of the molecule is CCn1nc(C)cc1C(=O)N=c1n(C)c2cc(C(N)=O)ccc2n1CC(F)(F)C(F)(F)Cn1c(=NC(=O)c2cc(C)nn2CC)n(C)c2cc(C(N)=O)cc(Br)c21. The van der Waals surface area contributed by atoms with Crippen LogP contribution in [0.15, 0.2) is 56.9 Å². The quantitative estimate of drug-likeness (QED) is 0.186. The van der Waals surface area contributed by atoms with Crippen LogP contribution < -0.4 is 22.7 Å². The zero-order chi connectivity index (χ0) is 41.9. The van der Waals surface area contributed by atoms with Gasteiger partial charge >= 0.3 is 11.8 Å². The standard InChI is InChI=1S/C36H37BrF4N12O4/c1-7-52-26(11-18(3)46-52)31(56)44-33-48(5)24-14-20(29(42)54)9-10-23(24)50(33)16-35(38,39)36(40,41)17-51-28-22(37)13-21(30(43)55)15-25(28)49(6)34(51)45-32(57)27-12-19(4)47-53(27)8-2/h9-15H,7-8,16-17H2,1-6H3,(H2,42,54)(H2,43,55). The van der Waals surface area contributed by atoms with Crippen LogP contribution in [0, 0.1) is 13.8 Å². The number of benzene rings is 2. The van der Waals surface area contributed by atoms with Crippen LogP contribution in [0.3, 0.4) is 0 Å². The van der Waals surface area contributed by atoms with Gasteiger partial charge < -0.3 is 29.7 Å². The van der Waals surface area contributed by atoms with Gasteiger partial charge in [0.05, 0.1) is 46.5 Å². The van der Waals surface area contributed by atoms with Crippen LogP contribution in [0.25, 0.3) is 22.1 Å². The molecule has 0 bridgehead atoms. The van der Waals surface area contributed by atoms with E-state index in [2.05, 4.69) is 36.1 Å². The van der Waals surface area contributed by atoms with Gasteiger partial charge in [-0.3, -0.25) is 28.5 Å². The molecule has 4 amide bonds. The highest BCUT2D eigenvalue weighted by atomic mass is 79.9. The predicted molar refractivity (Wildman–Crippen MR) is 202 cm³/mol. The van der Waals surface area contributed by atoms with Crippen molar-refractivity contribution in [2.45, 2.75) is 65.7 Å². The fourth-order valence-electron chi connectivity index (χ4n) is 6.63. The van der Waals surface area contributed by atoms with E-state index in [0.717, 1.165) is 9.13 Å². The maximum atomic E-state index is 16.5. The molecular weight excluding hydrogens is 820 g/mol. The summed E-state index contributed by atoms with van der Waals surface area (Å²) in [6.45, 7) is 3.87. The molecule has 0 spiro atoms. The molecular formula is C36H37BrF4N12O4. The van der Waals surface area contributed by atoms with Crippen LogP contribution in [0.5, 0.6) is 0 Å². The lowest BCUT2D eigenvalue weighted by Crippen LogP contribution is -2.49. The summed E-state index contributed by atoms with van der Waals surface area (Å²) in [5, 5.41) is 8.45. The number of nitrogens with zero attached hydrogens (tertiary/aromatic N) is 10. The molecule has 57 heavy (non-hydrogen) atoms. The molecule has 0 aliphatic heterocycles. The van der Waals surface area contributed by atoms with Gasteiger partial charge in [0.15, 0.2) is 0 Å². The molecule has 4 heterocycles. The molecule has 6 rings (SSSR count). The molecule has 0 fully saturated rings. The Morgan fingerprint density at radius 3 is 1.63 bits per heavy atom. The van der Waals surface area contributed by atoms with E-state index in [-0.39, 0.29) is 62.1 Å². The van der Waals surface area contributed by atoms with Crippen molar-refractivity contribution >= 4 is 61.6 Å². The number of aryl methyl sites for hydroxylation is 6. The maximum Gasteiger partial charge on any atom is 0.329 e. The van der Waals surface area contributed by atoms with Gasteiger partial charge in [-0.15, -0.1) is 0 Å². The number of primary amides is 2. The molecule has 16 nitrogen and oxygen atoms in total. The zero-order valence-corrected chi connectivity index (χ0v) is 33.1. The number of halogens is 5. The molecule has 0 saturated carbocycles. The molecule has 0 saturated heterocycles. The Labute approximate surface area is 328 Å². The molecule has 0 radical (unpaired) electrons. The van der Waals surface area contributed by atoms with E-state index in [4.69, 9.17) is 11.5 Å². The average molecular weight is 858 g/mol. The highest BCUT2D eigenvalue weighted by molar-refractivity contribution is 9.10. The predicted octanol–water partition coefficient (Wildman–Crippen LogP) is 3.74. The number of fused-ring (bicyclic) bond motifs is 2. The van der Waals surface area contributed by atoms with Gasteiger partial charge in [0, 0.05) is 42.8 Å². The first-order valence-electron chi connectivity index (χ1n) is 17.4. The lowest BCUT2D eigenvalue weighted by atomic mass is 10.1. The summed E-state index contributed by atoms with van der Waals surface area (Å²) in [6.07, 6.45) is 0. The van der Waals surface area contributed by atoms with E-state index >= 15 is 17.6 Å². The number of carbonyl (C=O) groups excluding carboxylic acids is 4. The average Bonchev–Trinajstić information content (AvgIpc) is 3.86. The number of amides is 4. The monoisotopic (exact) mass is 856 g/mol. The van der Waals surface area contributed by atoms with Crippen LogP contribution in [0.1, 0.15) is 66.9 Å². The van der Waals surface area contributed by atoms with Gasteiger partial charge in [-0.2, -0.15) is 37.7 Å². The Morgan fingerprint density at radius 1 is 0.684 bits per heavy atom. The first-order chi connectivity index (χ1) is 26.7. The fraction of sp³-hybridized carbons (Fsp3) is 0.333. The summed E-state index contributed by atoms with van der Waals surface area (Å²) in [4.78, 5) is 59.5. The minimum absolute atomic E-state index is 0.00898. The van der Waals surface area contributed by atoms with Gasteiger partial charge in [0.2, 0.25) is 23.1 Å². The van der Waals surface area contributed by atoms with Gasteiger partial charge in [0.25, 0.3) is 11.8 Å². The molecule has 4 aromatic heterocycles. The molecule has 2 aromatic carbocycles. The minimum Gasteiger partial charge on any atom is -0.366 e. The van der Waals surface area contributed by atoms with E-state index in [1.165, 1.54) is 75.1 Å². The van der Waals surface area contributed by atoms with Crippen molar-refractivity contribution in [3.8, 4) is 0 Å². The number of aromatic nitrogens is 8. The summed E-state index contributed by atoms with van der Waals surface area (Å²) in [6, 6.07) is 9.15. The highest BCUT2D eigenvalue weighted by Gasteiger charge is 2.57. The molecule has 300 valence electrons. The second-order valence-electron chi connectivity index (χ2n) is 13.4. The van der Waals surface area contributed by atoms with Crippen LogP contribution >= 0.6 is 15.9 Å². The summed E-state index contributed by atoms with van der Waals surface area (Å²) in [5.41, 5.74) is 11.1. The van der Waals surface area contributed by atoms with Crippen LogP contribution in [0.4, 0.5) is 17.6 Å². The third-order valence-corrected chi connectivity index (χ3v) is 10.1. The minimum atomic E-state index is -4.90. The number of imidazole rings is 2. The van der Waals surface area contributed by atoms with Crippen molar-refractivity contribution in [2.75, 3.05) is 0 Å². The van der Waals surface area contributed by atoms with E-state index in [0.29, 0.717) is 11.4 Å². The Kier molecular flexibility index (Phi) is 10.5. The van der Waals surface area contributed by atoms with Crippen LogP contribution in [-0.2, 0) is 40.3 Å². The van der Waals surface area contributed by atoms with Crippen molar-refractivity contribution in [1.82, 2.24) is 37.8 Å². The molecule has 21 heteroatoms. The molecule has 0 aliphatic rings. The first kappa shape index (κ1) is 40.5. The Morgan fingerprint density at radius 2 is 1.14 bits per heavy atom. The van der Waals surface area contributed by atoms with E-state index in [1.807, 2.05) is 0 Å².